The number of benzene rings is 2. The third kappa shape index (κ3) is 5.60. The monoisotopic (exact) mass is 492 g/mol. The maximum Gasteiger partial charge on any atom is 0.335 e. The lowest BCUT2D eigenvalue weighted by molar-refractivity contribution is -0.271. The van der Waals surface area contributed by atoms with E-state index in [2.05, 4.69) is 0 Å². The van der Waals surface area contributed by atoms with Gasteiger partial charge in [0.15, 0.2) is 29.1 Å². The van der Waals surface area contributed by atoms with Crippen LogP contribution in [0.5, 0.6) is 28.7 Å². The van der Waals surface area contributed by atoms with Gasteiger partial charge in [0.05, 0.1) is 28.4 Å². The summed E-state index contributed by atoms with van der Waals surface area (Å²) in [6.07, 6.45) is -5.11. The minimum absolute atomic E-state index is 0.122. The van der Waals surface area contributed by atoms with Crippen LogP contribution in [0.1, 0.15) is 11.1 Å². The van der Waals surface area contributed by atoms with Crippen LogP contribution in [0.4, 0.5) is 0 Å². The molecule has 1 fully saturated rings. The Hall–Kier alpha value is -3.51. The molecule has 0 spiro atoms. The summed E-state index contributed by atoms with van der Waals surface area (Å²) in [5, 5.41) is 39.4. The molecule has 1 unspecified atom stereocenters. The van der Waals surface area contributed by atoms with Gasteiger partial charge in [-0.25, -0.2) is 4.79 Å². The molecule has 190 valence electrons. The summed E-state index contributed by atoms with van der Waals surface area (Å²) >= 11 is 0. The summed E-state index contributed by atoms with van der Waals surface area (Å²) in [5.41, 5.74) is 1.42. The first-order chi connectivity index (χ1) is 16.7. The molecule has 2 aromatic rings. The zero-order valence-electron chi connectivity index (χ0n) is 19.6. The van der Waals surface area contributed by atoms with Crippen molar-refractivity contribution in [2.45, 2.75) is 30.7 Å². The third-order valence-corrected chi connectivity index (χ3v) is 5.40. The molecule has 0 aliphatic carbocycles. The first-order valence-electron chi connectivity index (χ1n) is 10.5. The molecule has 1 heterocycles. The molecule has 1 aliphatic heterocycles. The molecular weight excluding hydrogens is 464 g/mol. The predicted molar refractivity (Wildman–Crippen MR) is 123 cm³/mol. The standard InChI is InChI=1S/C24H28O11/c1-30-14-8-7-12(5-6-13-10-16(31-2)21(33-4)17(11-13)32-3)9-15(14)34-24-20(27)18(25)19(26)22(35-24)23(28)29/h5-11,18-20,22,24-27H,1-4H3,(H,28,29)/t18-,19-,20+,22-,24?/m0/s1. The third-order valence-electron chi connectivity index (χ3n) is 5.40. The Bertz CT molecular complexity index is 1040. The van der Waals surface area contributed by atoms with Gasteiger partial charge < -0.3 is 48.8 Å². The second kappa shape index (κ2) is 11.3. The van der Waals surface area contributed by atoms with Crippen molar-refractivity contribution in [3.63, 3.8) is 0 Å². The van der Waals surface area contributed by atoms with Crippen LogP contribution in [0.2, 0.25) is 0 Å². The molecule has 3 rings (SSSR count). The van der Waals surface area contributed by atoms with Crippen molar-refractivity contribution in [2.24, 2.45) is 0 Å². The fraction of sp³-hybridized carbons (Fsp3) is 0.375. The highest BCUT2D eigenvalue weighted by Crippen LogP contribution is 2.39. The number of aliphatic hydroxyl groups is 3. The maximum absolute atomic E-state index is 11.4. The number of carboxylic acids is 1. The molecule has 0 bridgehead atoms. The molecule has 0 amide bonds. The van der Waals surface area contributed by atoms with Crippen molar-refractivity contribution in [1.29, 1.82) is 0 Å². The average molecular weight is 492 g/mol. The molecule has 11 nitrogen and oxygen atoms in total. The van der Waals surface area contributed by atoms with E-state index in [1.807, 2.05) is 0 Å². The summed E-state index contributed by atoms with van der Waals surface area (Å²) in [6, 6.07) is 8.47. The van der Waals surface area contributed by atoms with E-state index >= 15 is 0 Å². The highest BCUT2D eigenvalue weighted by molar-refractivity contribution is 5.74. The Morgan fingerprint density at radius 1 is 0.771 bits per heavy atom. The van der Waals surface area contributed by atoms with Crippen LogP contribution in [0.15, 0.2) is 30.3 Å². The number of rotatable bonds is 9. The van der Waals surface area contributed by atoms with Crippen molar-refractivity contribution >= 4 is 18.1 Å². The summed E-state index contributed by atoms with van der Waals surface area (Å²) in [6.45, 7) is 0. The molecule has 11 heteroatoms. The molecule has 0 aromatic heterocycles. The molecule has 2 aromatic carbocycles. The van der Waals surface area contributed by atoms with E-state index in [-0.39, 0.29) is 11.5 Å². The molecule has 0 radical (unpaired) electrons. The lowest BCUT2D eigenvalue weighted by Gasteiger charge is -2.38. The molecule has 1 aliphatic rings. The molecular formula is C24H28O11. The lowest BCUT2D eigenvalue weighted by atomic mass is 9.99. The van der Waals surface area contributed by atoms with Crippen molar-refractivity contribution in [1.82, 2.24) is 0 Å². The minimum atomic E-state index is -1.82. The van der Waals surface area contributed by atoms with Crippen LogP contribution in [0, 0.1) is 0 Å². The van der Waals surface area contributed by atoms with Gasteiger partial charge in [0.25, 0.3) is 0 Å². The van der Waals surface area contributed by atoms with Gasteiger partial charge in [-0.15, -0.1) is 0 Å². The quantitative estimate of drug-likeness (QED) is 0.373. The SMILES string of the molecule is COc1ccc(C=Cc2cc(OC)c(OC)c(OC)c2)cc1OC1O[C@H](C(=O)O)[C@@H](O)[C@H](O)[C@H]1O. The van der Waals surface area contributed by atoms with Crippen LogP contribution in [-0.4, -0.2) is 85.5 Å². The predicted octanol–water partition coefficient (Wildman–Crippen LogP) is 1.16. The number of carbonyl (C=O) groups is 1. The average Bonchev–Trinajstić information content (AvgIpc) is 2.86. The van der Waals surface area contributed by atoms with E-state index in [4.69, 9.17) is 28.4 Å². The summed E-state index contributed by atoms with van der Waals surface area (Å²) in [4.78, 5) is 11.4. The van der Waals surface area contributed by atoms with E-state index in [1.54, 1.807) is 42.5 Å². The fourth-order valence-electron chi connectivity index (χ4n) is 3.55. The highest BCUT2D eigenvalue weighted by atomic mass is 16.7. The highest BCUT2D eigenvalue weighted by Gasteiger charge is 2.48. The molecule has 0 saturated carbocycles. The van der Waals surface area contributed by atoms with Gasteiger partial charge in [0, 0.05) is 0 Å². The first kappa shape index (κ1) is 26.1. The van der Waals surface area contributed by atoms with E-state index in [1.165, 1.54) is 28.4 Å². The Morgan fingerprint density at radius 2 is 1.34 bits per heavy atom. The Morgan fingerprint density at radius 3 is 1.89 bits per heavy atom. The second-order valence-electron chi connectivity index (χ2n) is 7.56. The van der Waals surface area contributed by atoms with Gasteiger partial charge >= 0.3 is 5.97 Å². The number of aliphatic carboxylic acids is 1. The number of methoxy groups -OCH3 is 4. The maximum atomic E-state index is 11.4. The van der Waals surface area contributed by atoms with E-state index < -0.39 is 36.7 Å². The molecule has 4 N–H and O–H groups in total. The van der Waals surface area contributed by atoms with Gasteiger partial charge in [0.2, 0.25) is 12.0 Å². The Kier molecular flexibility index (Phi) is 8.41. The van der Waals surface area contributed by atoms with Crippen molar-refractivity contribution in [3.05, 3.63) is 41.5 Å². The van der Waals surface area contributed by atoms with Crippen LogP contribution in [0.25, 0.3) is 12.2 Å². The zero-order valence-corrected chi connectivity index (χ0v) is 19.6. The van der Waals surface area contributed by atoms with Gasteiger partial charge in [-0.1, -0.05) is 18.2 Å². The van der Waals surface area contributed by atoms with E-state index in [0.29, 0.717) is 22.8 Å². The first-order valence-corrected chi connectivity index (χ1v) is 10.5. The largest absolute Gasteiger partial charge is 0.493 e. The van der Waals surface area contributed by atoms with Crippen LogP contribution in [0.3, 0.4) is 0 Å². The number of hydrogen-bond donors (Lipinski definition) is 4. The molecule has 5 atom stereocenters. The van der Waals surface area contributed by atoms with Gasteiger partial charge in [-0.3, -0.25) is 0 Å². The number of carboxylic acid groups (broad SMARTS) is 1. The number of aliphatic hydroxyl groups excluding tert-OH is 3. The van der Waals surface area contributed by atoms with E-state index in [0.717, 1.165) is 5.56 Å². The topological polar surface area (TPSA) is 153 Å². The molecule has 1 saturated heterocycles. The number of ether oxygens (including phenoxy) is 6. The summed E-state index contributed by atoms with van der Waals surface area (Å²) in [7, 11) is 5.96. The van der Waals surface area contributed by atoms with Gasteiger partial charge in [-0.05, 0) is 35.4 Å². The Labute approximate surface area is 201 Å². The summed E-state index contributed by atoms with van der Waals surface area (Å²) in [5.74, 6) is 0.329. The Balaban J connectivity index is 1.88. The van der Waals surface area contributed by atoms with E-state index in [9.17, 15) is 25.2 Å². The van der Waals surface area contributed by atoms with Gasteiger partial charge in [0.1, 0.15) is 18.3 Å². The van der Waals surface area contributed by atoms with Crippen molar-refractivity contribution < 1.29 is 53.6 Å². The molecule has 35 heavy (non-hydrogen) atoms. The van der Waals surface area contributed by atoms with Crippen LogP contribution < -0.4 is 23.7 Å². The van der Waals surface area contributed by atoms with Crippen LogP contribution in [-0.2, 0) is 9.53 Å². The minimum Gasteiger partial charge on any atom is -0.493 e. The zero-order chi connectivity index (χ0) is 25.7. The number of hydrogen-bond acceptors (Lipinski definition) is 10. The fourth-order valence-corrected chi connectivity index (χ4v) is 3.55. The normalized spacial score (nSPS) is 24.1. The van der Waals surface area contributed by atoms with Crippen LogP contribution >= 0.6 is 0 Å². The van der Waals surface area contributed by atoms with Crippen molar-refractivity contribution in [2.75, 3.05) is 28.4 Å². The smallest absolute Gasteiger partial charge is 0.335 e. The van der Waals surface area contributed by atoms with Crippen molar-refractivity contribution in [3.8, 4) is 28.7 Å². The summed E-state index contributed by atoms with van der Waals surface area (Å²) < 4.78 is 32.2. The lowest BCUT2D eigenvalue weighted by Crippen LogP contribution is -2.61. The second-order valence-corrected chi connectivity index (χ2v) is 7.56. The van der Waals surface area contributed by atoms with Gasteiger partial charge in [-0.2, -0.15) is 0 Å².